The van der Waals surface area contributed by atoms with Crippen molar-refractivity contribution in [1.82, 2.24) is 4.72 Å². The van der Waals surface area contributed by atoms with Crippen molar-refractivity contribution in [1.29, 1.82) is 0 Å². The summed E-state index contributed by atoms with van der Waals surface area (Å²) in [4.78, 5) is 0.163. The van der Waals surface area contributed by atoms with E-state index in [1.54, 1.807) is 18.2 Å². The first kappa shape index (κ1) is 14.3. The summed E-state index contributed by atoms with van der Waals surface area (Å²) in [5.41, 5.74) is 1.40. The molecule has 2 rings (SSSR count). The molecule has 0 fully saturated rings. The third-order valence-corrected chi connectivity index (χ3v) is 3.94. The molecule has 1 aromatic heterocycles. The van der Waals surface area contributed by atoms with Crippen LogP contribution >= 0.6 is 0 Å². The molecule has 5 nitrogen and oxygen atoms in total. The standard InChI is InChI=1S/C14H13NO4S/c16-8-1-2-12-3-5-14(6-4-12)20(17,18)15-10-13-7-9-19-11-13/h3-7,9,11,15-16H,8,10H2. The molecule has 0 unspecified atom stereocenters. The summed E-state index contributed by atoms with van der Waals surface area (Å²) in [5, 5.41) is 8.58. The number of aliphatic hydroxyl groups is 1. The van der Waals surface area contributed by atoms with E-state index in [4.69, 9.17) is 9.52 Å². The normalized spacial score (nSPS) is 10.8. The predicted octanol–water partition coefficient (Wildman–Crippen LogP) is 1.10. The van der Waals surface area contributed by atoms with Crippen LogP contribution < -0.4 is 4.72 Å². The van der Waals surface area contributed by atoms with E-state index in [-0.39, 0.29) is 18.0 Å². The fraction of sp³-hybridized carbons (Fsp3) is 0.143. The van der Waals surface area contributed by atoms with E-state index in [1.165, 1.54) is 24.7 Å². The smallest absolute Gasteiger partial charge is 0.240 e. The van der Waals surface area contributed by atoms with Gasteiger partial charge in [0.25, 0.3) is 0 Å². The van der Waals surface area contributed by atoms with Crippen molar-refractivity contribution < 1.29 is 17.9 Å². The van der Waals surface area contributed by atoms with E-state index in [0.717, 1.165) is 5.56 Å². The molecule has 0 spiro atoms. The summed E-state index contributed by atoms with van der Waals surface area (Å²) >= 11 is 0. The van der Waals surface area contributed by atoms with Gasteiger partial charge >= 0.3 is 0 Å². The molecule has 2 aromatic rings. The second-order valence-corrected chi connectivity index (χ2v) is 5.71. The topological polar surface area (TPSA) is 79.5 Å². The van der Waals surface area contributed by atoms with Gasteiger partial charge in [0, 0.05) is 17.7 Å². The van der Waals surface area contributed by atoms with E-state index in [0.29, 0.717) is 5.56 Å². The summed E-state index contributed by atoms with van der Waals surface area (Å²) < 4.78 is 31.4. The molecule has 1 aromatic carbocycles. The third kappa shape index (κ3) is 3.71. The maximum Gasteiger partial charge on any atom is 0.240 e. The first-order chi connectivity index (χ1) is 9.62. The van der Waals surface area contributed by atoms with Crippen LogP contribution in [0, 0.1) is 11.8 Å². The Kier molecular flexibility index (Phi) is 4.58. The van der Waals surface area contributed by atoms with Crippen molar-refractivity contribution in [3.05, 3.63) is 54.0 Å². The molecule has 0 radical (unpaired) electrons. The highest BCUT2D eigenvalue weighted by Gasteiger charge is 2.13. The van der Waals surface area contributed by atoms with Crippen molar-refractivity contribution in [2.75, 3.05) is 6.61 Å². The number of rotatable bonds is 4. The zero-order chi connectivity index (χ0) is 14.4. The Morgan fingerprint density at radius 1 is 1.20 bits per heavy atom. The quantitative estimate of drug-likeness (QED) is 0.827. The summed E-state index contributed by atoms with van der Waals surface area (Å²) in [6, 6.07) is 7.82. The van der Waals surface area contributed by atoms with E-state index in [1.807, 2.05) is 0 Å². The van der Waals surface area contributed by atoms with Crippen LogP contribution in [0.1, 0.15) is 11.1 Å². The Bertz CT molecular complexity index is 707. The minimum absolute atomic E-state index is 0.163. The molecule has 0 bridgehead atoms. The zero-order valence-corrected chi connectivity index (χ0v) is 11.4. The van der Waals surface area contributed by atoms with Gasteiger partial charge < -0.3 is 9.52 Å². The average Bonchev–Trinajstić information content (AvgIpc) is 2.97. The van der Waals surface area contributed by atoms with Crippen LogP contribution in [-0.4, -0.2) is 20.1 Å². The number of benzene rings is 1. The Hall–Kier alpha value is -2.07. The lowest BCUT2D eigenvalue weighted by Gasteiger charge is -2.05. The lowest BCUT2D eigenvalue weighted by atomic mass is 10.2. The number of nitrogens with one attached hydrogen (secondary N) is 1. The van der Waals surface area contributed by atoms with Gasteiger partial charge in [0.1, 0.15) is 6.61 Å². The minimum atomic E-state index is -3.56. The van der Waals surface area contributed by atoms with Crippen molar-refractivity contribution >= 4 is 10.0 Å². The highest BCUT2D eigenvalue weighted by atomic mass is 32.2. The van der Waals surface area contributed by atoms with Gasteiger partial charge in [0.15, 0.2) is 0 Å². The second-order valence-electron chi connectivity index (χ2n) is 3.94. The highest BCUT2D eigenvalue weighted by Crippen LogP contribution is 2.11. The molecule has 0 atom stereocenters. The lowest BCUT2D eigenvalue weighted by molar-refractivity contribution is 0.350. The number of sulfonamides is 1. The van der Waals surface area contributed by atoms with Gasteiger partial charge in [-0.2, -0.15) is 0 Å². The molecular formula is C14H13NO4S. The number of hydrogen-bond donors (Lipinski definition) is 2. The molecule has 0 aliphatic heterocycles. The van der Waals surface area contributed by atoms with Gasteiger partial charge in [0.05, 0.1) is 17.4 Å². The monoisotopic (exact) mass is 291 g/mol. The molecule has 0 amide bonds. The summed E-state index contributed by atoms with van der Waals surface area (Å²) in [6.07, 6.45) is 2.97. The van der Waals surface area contributed by atoms with Crippen LogP contribution in [0.2, 0.25) is 0 Å². The van der Waals surface area contributed by atoms with E-state index < -0.39 is 10.0 Å². The molecular weight excluding hydrogens is 278 g/mol. The van der Waals surface area contributed by atoms with Crippen LogP contribution in [0.25, 0.3) is 0 Å². The van der Waals surface area contributed by atoms with Crippen LogP contribution in [0.5, 0.6) is 0 Å². The van der Waals surface area contributed by atoms with Crippen LogP contribution in [0.15, 0.2) is 52.2 Å². The van der Waals surface area contributed by atoms with E-state index in [9.17, 15) is 8.42 Å². The van der Waals surface area contributed by atoms with Gasteiger partial charge in [0.2, 0.25) is 10.0 Å². The first-order valence-electron chi connectivity index (χ1n) is 5.82. The van der Waals surface area contributed by atoms with Crippen LogP contribution in [-0.2, 0) is 16.6 Å². The van der Waals surface area contributed by atoms with Gasteiger partial charge in [-0.15, -0.1) is 0 Å². The van der Waals surface area contributed by atoms with Crippen LogP contribution in [0.3, 0.4) is 0 Å². The molecule has 0 saturated carbocycles. The SMILES string of the molecule is O=S(=O)(NCc1ccoc1)c1ccc(C#CCO)cc1. The molecule has 1 heterocycles. The van der Waals surface area contributed by atoms with Crippen molar-refractivity contribution in [2.24, 2.45) is 0 Å². The lowest BCUT2D eigenvalue weighted by Crippen LogP contribution is -2.22. The summed E-state index contributed by atoms with van der Waals surface area (Å²) in [6.45, 7) is -0.0583. The highest BCUT2D eigenvalue weighted by molar-refractivity contribution is 7.89. The molecule has 0 aliphatic carbocycles. The van der Waals surface area contributed by atoms with Crippen molar-refractivity contribution in [3.63, 3.8) is 0 Å². The zero-order valence-electron chi connectivity index (χ0n) is 10.5. The molecule has 0 saturated heterocycles. The van der Waals surface area contributed by atoms with Gasteiger partial charge in [-0.25, -0.2) is 13.1 Å². The Morgan fingerprint density at radius 2 is 1.95 bits per heavy atom. The summed E-state index contributed by atoms with van der Waals surface area (Å²) in [5.74, 6) is 5.20. The van der Waals surface area contributed by atoms with Crippen molar-refractivity contribution in [2.45, 2.75) is 11.4 Å². The molecule has 0 aliphatic rings. The molecule has 104 valence electrons. The Balaban J connectivity index is 2.09. The predicted molar refractivity (Wildman–Crippen MR) is 73.1 cm³/mol. The molecule has 20 heavy (non-hydrogen) atoms. The van der Waals surface area contributed by atoms with Gasteiger partial charge in [-0.05, 0) is 30.3 Å². The van der Waals surface area contributed by atoms with E-state index >= 15 is 0 Å². The minimum Gasteiger partial charge on any atom is -0.472 e. The second kappa shape index (κ2) is 6.39. The third-order valence-electron chi connectivity index (χ3n) is 2.52. The fourth-order valence-corrected chi connectivity index (χ4v) is 2.53. The maximum absolute atomic E-state index is 12.0. The fourth-order valence-electron chi connectivity index (χ4n) is 1.51. The first-order valence-corrected chi connectivity index (χ1v) is 7.31. The Labute approximate surface area is 117 Å². The molecule has 6 heteroatoms. The Morgan fingerprint density at radius 3 is 2.55 bits per heavy atom. The molecule has 2 N–H and O–H groups in total. The van der Waals surface area contributed by atoms with Gasteiger partial charge in [-0.1, -0.05) is 11.8 Å². The largest absolute Gasteiger partial charge is 0.472 e. The summed E-state index contributed by atoms with van der Waals surface area (Å²) in [7, 11) is -3.56. The number of furan rings is 1. The van der Waals surface area contributed by atoms with Gasteiger partial charge in [-0.3, -0.25) is 0 Å². The van der Waals surface area contributed by atoms with E-state index in [2.05, 4.69) is 16.6 Å². The number of hydrogen-bond acceptors (Lipinski definition) is 4. The van der Waals surface area contributed by atoms with Crippen molar-refractivity contribution in [3.8, 4) is 11.8 Å². The van der Waals surface area contributed by atoms with Crippen LogP contribution in [0.4, 0.5) is 0 Å². The maximum atomic E-state index is 12.0. The number of aliphatic hydroxyl groups excluding tert-OH is 1. The average molecular weight is 291 g/mol.